The molecule has 3 aromatic rings. The number of halogens is 1. The van der Waals surface area contributed by atoms with Crippen LogP contribution >= 0.6 is 15.9 Å². The number of hydrogen-bond donors (Lipinski definition) is 1. The molecule has 4 nitrogen and oxygen atoms in total. The van der Waals surface area contributed by atoms with Gasteiger partial charge in [0.2, 0.25) is 0 Å². The Labute approximate surface area is 161 Å². The van der Waals surface area contributed by atoms with Gasteiger partial charge in [0.1, 0.15) is 5.69 Å². The molecule has 0 unspecified atom stereocenters. The fourth-order valence-corrected chi connectivity index (χ4v) is 4.57. The van der Waals surface area contributed by atoms with E-state index in [0.717, 1.165) is 34.9 Å². The predicted octanol–water partition coefficient (Wildman–Crippen LogP) is 4.20. The molecule has 1 aromatic heterocycles. The van der Waals surface area contributed by atoms with Crippen LogP contribution in [0.1, 0.15) is 16.9 Å². The second-order valence-electron chi connectivity index (χ2n) is 6.89. The third kappa shape index (κ3) is 3.12. The topological polar surface area (TPSA) is 37.3 Å². The SMILES string of the molecule is Cn1c(C(=O)NC[C@@H]2CCN(c3ccccc3)C2)c(Br)c2ccccc21. The van der Waals surface area contributed by atoms with Gasteiger partial charge in [-0.1, -0.05) is 36.4 Å². The molecule has 1 aliphatic rings. The first kappa shape index (κ1) is 17.2. The van der Waals surface area contributed by atoms with Gasteiger partial charge in [-0.15, -0.1) is 0 Å². The number of nitrogens with zero attached hydrogens (tertiary/aromatic N) is 2. The van der Waals surface area contributed by atoms with Crippen LogP contribution in [0.4, 0.5) is 5.69 Å². The molecule has 1 atom stereocenters. The van der Waals surface area contributed by atoms with Crippen LogP contribution in [0.25, 0.3) is 10.9 Å². The quantitative estimate of drug-likeness (QED) is 0.698. The van der Waals surface area contributed by atoms with Crippen LogP contribution in [0.3, 0.4) is 0 Å². The van der Waals surface area contributed by atoms with Gasteiger partial charge >= 0.3 is 0 Å². The Balaban J connectivity index is 1.42. The zero-order valence-corrected chi connectivity index (χ0v) is 16.4. The van der Waals surface area contributed by atoms with Crippen molar-refractivity contribution in [3.8, 4) is 0 Å². The van der Waals surface area contributed by atoms with Gasteiger partial charge in [-0.05, 0) is 46.5 Å². The average molecular weight is 412 g/mol. The van der Waals surface area contributed by atoms with Crippen molar-refractivity contribution in [2.45, 2.75) is 6.42 Å². The second-order valence-corrected chi connectivity index (χ2v) is 7.68. The summed E-state index contributed by atoms with van der Waals surface area (Å²) in [4.78, 5) is 15.2. The van der Waals surface area contributed by atoms with Gasteiger partial charge in [0, 0.05) is 43.3 Å². The number of para-hydroxylation sites is 2. The van der Waals surface area contributed by atoms with E-state index in [4.69, 9.17) is 0 Å². The minimum absolute atomic E-state index is 0.0197. The fraction of sp³-hybridized carbons (Fsp3) is 0.286. The summed E-state index contributed by atoms with van der Waals surface area (Å²) in [6.45, 7) is 2.74. The lowest BCUT2D eigenvalue weighted by molar-refractivity contribution is 0.0939. The van der Waals surface area contributed by atoms with E-state index >= 15 is 0 Å². The first-order valence-corrected chi connectivity index (χ1v) is 9.75. The maximum Gasteiger partial charge on any atom is 0.269 e. The Morgan fingerprint density at radius 2 is 1.88 bits per heavy atom. The molecule has 134 valence electrons. The molecule has 0 saturated carbocycles. The Morgan fingerprint density at radius 1 is 1.15 bits per heavy atom. The summed E-state index contributed by atoms with van der Waals surface area (Å²) in [6.07, 6.45) is 1.10. The number of hydrogen-bond acceptors (Lipinski definition) is 2. The van der Waals surface area contributed by atoms with E-state index in [-0.39, 0.29) is 5.91 Å². The highest BCUT2D eigenvalue weighted by Gasteiger charge is 2.25. The van der Waals surface area contributed by atoms with Crippen LogP contribution in [0.15, 0.2) is 59.1 Å². The normalized spacial score (nSPS) is 17.0. The van der Waals surface area contributed by atoms with Crippen LogP contribution in [0.5, 0.6) is 0 Å². The summed E-state index contributed by atoms with van der Waals surface area (Å²) in [7, 11) is 1.94. The van der Waals surface area contributed by atoms with Gasteiger partial charge in [-0.2, -0.15) is 0 Å². The summed E-state index contributed by atoms with van der Waals surface area (Å²) in [5.41, 5.74) is 3.00. The minimum atomic E-state index is -0.0197. The molecule has 1 aliphatic heterocycles. The van der Waals surface area contributed by atoms with Gasteiger partial charge in [-0.25, -0.2) is 0 Å². The number of carbonyl (C=O) groups is 1. The van der Waals surface area contributed by atoms with Crippen molar-refractivity contribution in [1.29, 1.82) is 0 Å². The highest BCUT2D eigenvalue weighted by Crippen LogP contribution is 2.30. The Hall–Kier alpha value is -2.27. The second kappa shape index (κ2) is 7.16. The van der Waals surface area contributed by atoms with Gasteiger partial charge in [0.05, 0.1) is 4.47 Å². The summed E-state index contributed by atoms with van der Waals surface area (Å²) in [5, 5.41) is 4.21. The monoisotopic (exact) mass is 411 g/mol. The maximum absolute atomic E-state index is 12.8. The third-order valence-corrected chi connectivity index (χ3v) is 6.02. The van der Waals surface area contributed by atoms with E-state index in [1.165, 1.54) is 5.69 Å². The van der Waals surface area contributed by atoms with Crippen molar-refractivity contribution in [2.75, 3.05) is 24.5 Å². The van der Waals surface area contributed by atoms with Gasteiger partial charge in [-0.3, -0.25) is 4.79 Å². The van der Waals surface area contributed by atoms with E-state index in [0.29, 0.717) is 18.2 Å². The van der Waals surface area contributed by atoms with Crippen molar-refractivity contribution in [2.24, 2.45) is 13.0 Å². The minimum Gasteiger partial charge on any atom is -0.371 e. The lowest BCUT2D eigenvalue weighted by atomic mass is 10.1. The van der Waals surface area contributed by atoms with E-state index in [9.17, 15) is 4.79 Å². The van der Waals surface area contributed by atoms with Crippen LogP contribution in [-0.2, 0) is 7.05 Å². The molecule has 2 heterocycles. The Morgan fingerprint density at radius 3 is 2.65 bits per heavy atom. The number of rotatable bonds is 4. The van der Waals surface area contributed by atoms with Gasteiger partial charge < -0.3 is 14.8 Å². The standard InChI is InChI=1S/C21H22BrN3O/c1-24-18-10-6-5-9-17(18)19(22)20(24)21(26)23-13-15-11-12-25(14-15)16-7-3-2-4-8-16/h2-10,15H,11-14H2,1H3,(H,23,26)/t15-/m0/s1. The van der Waals surface area contributed by atoms with E-state index in [2.05, 4.69) is 50.4 Å². The number of aryl methyl sites for hydroxylation is 1. The van der Waals surface area contributed by atoms with Crippen LogP contribution in [-0.4, -0.2) is 30.1 Å². The molecule has 0 bridgehead atoms. The Kier molecular flexibility index (Phi) is 4.72. The van der Waals surface area contributed by atoms with Crippen molar-refractivity contribution in [3.05, 3.63) is 64.8 Å². The molecule has 0 radical (unpaired) electrons. The van der Waals surface area contributed by atoms with Crippen LogP contribution in [0, 0.1) is 5.92 Å². The summed E-state index contributed by atoms with van der Waals surface area (Å²) >= 11 is 3.61. The molecule has 1 saturated heterocycles. The van der Waals surface area contributed by atoms with Crippen molar-refractivity contribution < 1.29 is 4.79 Å². The number of anilines is 1. The van der Waals surface area contributed by atoms with Crippen LogP contribution < -0.4 is 10.2 Å². The smallest absolute Gasteiger partial charge is 0.269 e. The number of carbonyl (C=O) groups excluding carboxylic acids is 1. The third-order valence-electron chi connectivity index (χ3n) is 5.22. The molecule has 0 aliphatic carbocycles. The summed E-state index contributed by atoms with van der Waals surface area (Å²) < 4.78 is 2.82. The highest BCUT2D eigenvalue weighted by atomic mass is 79.9. The van der Waals surface area contributed by atoms with Crippen LogP contribution in [0.2, 0.25) is 0 Å². The van der Waals surface area contributed by atoms with E-state index < -0.39 is 0 Å². The maximum atomic E-state index is 12.8. The highest BCUT2D eigenvalue weighted by molar-refractivity contribution is 9.10. The van der Waals surface area contributed by atoms with Crippen molar-refractivity contribution in [3.63, 3.8) is 0 Å². The zero-order valence-electron chi connectivity index (χ0n) is 14.8. The van der Waals surface area contributed by atoms with Gasteiger partial charge in [0.25, 0.3) is 5.91 Å². The molecule has 0 spiro atoms. The van der Waals surface area contributed by atoms with Gasteiger partial charge in [0.15, 0.2) is 0 Å². The largest absolute Gasteiger partial charge is 0.371 e. The molecular weight excluding hydrogens is 390 g/mol. The Bertz CT molecular complexity index is 896. The molecule has 26 heavy (non-hydrogen) atoms. The first-order valence-electron chi connectivity index (χ1n) is 8.96. The predicted molar refractivity (Wildman–Crippen MR) is 110 cm³/mol. The van der Waals surface area contributed by atoms with E-state index in [1.807, 2.05) is 41.9 Å². The molecule has 1 N–H and O–H groups in total. The van der Waals surface area contributed by atoms with E-state index in [1.54, 1.807) is 0 Å². The summed E-state index contributed by atoms with van der Waals surface area (Å²) in [6, 6.07) is 18.5. The number of amides is 1. The first-order chi connectivity index (χ1) is 12.6. The lowest BCUT2D eigenvalue weighted by Crippen LogP contribution is -2.32. The molecule has 4 rings (SSSR count). The fourth-order valence-electron chi connectivity index (χ4n) is 3.79. The molecule has 2 aromatic carbocycles. The number of nitrogens with one attached hydrogen (secondary N) is 1. The molecular formula is C21H22BrN3O. The summed E-state index contributed by atoms with van der Waals surface area (Å²) in [5.74, 6) is 0.460. The average Bonchev–Trinajstić information content (AvgIpc) is 3.25. The zero-order chi connectivity index (χ0) is 18.1. The van der Waals surface area contributed by atoms with Crippen molar-refractivity contribution in [1.82, 2.24) is 9.88 Å². The number of benzene rings is 2. The number of aromatic nitrogens is 1. The molecule has 5 heteroatoms. The lowest BCUT2D eigenvalue weighted by Gasteiger charge is -2.18. The number of fused-ring (bicyclic) bond motifs is 1. The molecule has 1 amide bonds. The molecule has 1 fully saturated rings. The van der Waals surface area contributed by atoms with Crippen molar-refractivity contribution >= 4 is 38.4 Å².